The van der Waals surface area contributed by atoms with Crippen LogP contribution in [0.2, 0.25) is 5.02 Å². The van der Waals surface area contributed by atoms with Crippen molar-refractivity contribution in [1.82, 2.24) is 20.2 Å². The lowest BCUT2D eigenvalue weighted by Crippen LogP contribution is -2.40. The SMILES string of the molecule is C[C@@H](NC(=O)N[C@H](c1ccc(Cl)cc1)c1nccn1C)c1ccccc1. The number of rotatable bonds is 5. The number of benzene rings is 2. The minimum Gasteiger partial charge on any atom is -0.336 e. The van der Waals surface area contributed by atoms with Crippen molar-refractivity contribution in [2.75, 3.05) is 0 Å². The average Bonchev–Trinajstić information content (AvgIpc) is 3.07. The van der Waals surface area contributed by atoms with E-state index in [1.165, 1.54) is 0 Å². The third-order valence-electron chi connectivity index (χ3n) is 4.24. The Kier molecular flexibility index (Phi) is 5.58. The van der Waals surface area contributed by atoms with Crippen molar-refractivity contribution in [2.45, 2.75) is 19.0 Å². The molecule has 2 N–H and O–H groups in total. The maximum atomic E-state index is 12.6. The van der Waals surface area contributed by atoms with Gasteiger partial charge >= 0.3 is 6.03 Å². The number of halogens is 1. The molecule has 0 aliphatic heterocycles. The first-order valence-electron chi connectivity index (χ1n) is 8.39. The molecule has 0 aliphatic carbocycles. The molecule has 0 spiro atoms. The van der Waals surface area contributed by atoms with E-state index < -0.39 is 0 Å². The van der Waals surface area contributed by atoms with Crippen molar-refractivity contribution >= 4 is 17.6 Å². The van der Waals surface area contributed by atoms with Gasteiger partial charge in [0.1, 0.15) is 11.9 Å². The number of carbonyl (C=O) groups excluding carboxylic acids is 1. The topological polar surface area (TPSA) is 59.0 Å². The Labute approximate surface area is 158 Å². The Morgan fingerprint density at radius 2 is 1.73 bits per heavy atom. The van der Waals surface area contributed by atoms with Gasteiger partial charge in [0, 0.05) is 24.5 Å². The smallest absolute Gasteiger partial charge is 0.316 e. The lowest BCUT2D eigenvalue weighted by molar-refractivity contribution is 0.235. The molecule has 2 aromatic carbocycles. The first-order chi connectivity index (χ1) is 12.5. The van der Waals surface area contributed by atoms with Crippen LogP contribution in [0.5, 0.6) is 0 Å². The number of hydrogen-bond acceptors (Lipinski definition) is 2. The number of urea groups is 1. The Morgan fingerprint density at radius 3 is 2.35 bits per heavy atom. The first-order valence-corrected chi connectivity index (χ1v) is 8.77. The van der Waals surface area contributed by atoms with Crippen molar-refractivity contribution in [3.63, 3.8) is 0 Å². The summed E-state index contributed by atoms with van der Waals surface area (Å²) in [7, 11) is 1.90. The monoisotopic (exact) mass is 368 g/mol. The van der Waals surface area contributed by atoms with E-state index in [0.717, 1.165) is 17.0 Å². The van der Waals surface area contributed by atoms with Crippen LogP contribution >= 0.6 is 11.6 Å². The van der Waals surface area contributed by atoms with Crippen LogP contribution < -0.4 is 10.6 Å². The van der Waals surface area contributed by atoms with E-state index in [2.05, 4.69) is 15.6 Å². The second-order valence-corrected chi connectivity index (χ2v) is 6.57. The van der Waals surface area contributed by atoms with Gasteiger partial charge in [-0.2, -0.15) is 0 Å². The summed E-state index contributed by atoms with van der Waals surface area (Å²) in [5.41, 5.74) is 1.95. The van der Waals surface area contributed by atoms with Gasteiger partial charge in [-0.25, -0.2) is 9.78 Å². The molecule has 3 aromatic rings. The van der Waals surface area contributed by atoms with Gasteiger partial charge < -0.3 is 15.2 Å². The number of imidazole rings is 1. The minimum atomic E-state index is -0.379. The van der Waals surface area contributed by atoms with E-state index in [0.29, 0.717) is 5.02 Å². The molecule has 2 amide bonds. The summed E-state index contributed by atoms with van der Waals surface area (Å²) in [5.74, 6) is 0.745. The summed E-state index contributed by atoms with van der Waals surface area (Å²) < 4.78 is 1.89. The van der Waals surface area contributed by atoms with Crippen LogP contribution in [0.15, 0.2) is 67.0 Å². The molecule has 1 heterocycles. The molecule has 0 bridgehead atoms. The Hall–Kier alpha value is -2.79. The van der Waals surface area contributed by atoms with Crippen molar-refractivity contribution < 1.29 is 4.79 Å². The molecule has 6 heteroatoms. The van der Waals surface area contributed by atoms with Crippen molar-refractivity contribution in [2.24, 2.45) is 7.05 Å². The molecule has 26 heavy (non-hydrogen) atoms. The zero-order chi connectivity index (χ0) is 18.5. The van der Waals surface area contributed by atoms with Gasteiger partial charge in [0.05, 0.1) is 6.04 Å². The molecular weight excluding hydrogens is 348 g/mol. The van der Waals surface area contributed by atoms with E-state index in [4.69, 9.17) is 11.6 Å². The predicted octanol–water partition coefficient (Wildman–Crippen LogP) is 4.22. The van der Waals surface area contributed by atoms with Crippen LogP contribution in [-0.2, 0) is 7.05 Å². The van der Waals surface area contributed by atoms with E-state index in [1.807, 2.05) is 67.2 Å². The summed E-state index contributed by atoms with van der Waals surface area (Å²) in [4.78, 5) is 17.0. The Balaban J connectivity index is 1.78. The summed E-state index contributed by atoms with van der Waals surface area (Å²) in [6.45, 7) is 1.95. The molecule has 0 radical (unpaired) electrons. The molecule has 134 valence electrons. The van der Waals surface area contributed by atoms with Gasteiger partial charge in [-0.15, -0.1) is 0 Å². The van der Waals surface area contributed by atoms with Crippen molar-refractivity contribution in [3.8, 4) is 0 Å². The van der Waals surface area contributed by atoms with Crippen molar-refractivity contribution in [3.05, 3.63) is 89.0 Å². The van der Waals surface area contributed by atoms with Crippen LogP contribution in [0.1, 0.15) is 36.0 Å². The summed E-state index contributed by atoms with van der Waals surface area (Å²) in [5, 5.41) is 6.64. The molecule has 0 fully saturated rings. The summed E-state index contributed by atoms with van der Waals surface area (Å²) in [6, 6.07) is 16.5. The van der Waals surface area contributed by atoms with Crippen LogP contribution in [0.25, 0.3) is 0 Å². The van der Waals surface area contributed by atoms with E-state index >= 15 is 0 Å². The predicted molar refractivity (Wildman–Crippen MR) is 103 cm³/mol. The third kappa shape index (κ3) is 4.24. The number of hydrogen-bond donors (Lipinski definition) is 2. The van der Waals surface area contributed by atoms with Crippen LogP contribution in [0.3, 0.4) is 0 Å². The molecule has 3 rings (SSSR count). The summed E-state index contributed by atoms with van der Waals surface area (Å²) >= 11 is 5.99. The van der Waals surface area contributed by atoms with Gasteiger partial charge in [0.25, 0.3) is 0 Å². The quantitative estimate of drug-likeness (QED) is 0.708. The second-order valence-electron chi connectivity index (χ2n) is 6.13. The van der Waals surface area contributed by atoms with E-state index in [1.54, 1.807) is 18.3 Å². The van der Waals surface area contributed by atoms with Crippen LogP contribution in [-0.4, -0.2) is 15.6 Å². The maximum absolute atomic E-state index is 12.6. The molecule has 0 saturated heterocycles. The number of nitrogens with zero attached hydrogens (tertiary/aromatic N) is 2. The number of amides is 2. The molecular formula is C20H21ClN4O. The fourth-order valence-electron chi connectivity index (χ4n) is 2.80. The fraction of sp³-hybridized carbons (Fsp3) is 0.200. The van der Waals surface area contributed by atoms with Gasteiger partial charge in [-0.05, 0) is 30.2 Å². The molecule has 0 aliphatic rings. The molecule has 1 aromatic heterocycles. The standard InChI is InChI=1S/C20H21ClN4O/c1-14(15-6-4-3-5-7-15)23-20(26)24-18(19-22-12-13-25(19)2)16-8-10-17(21)11-9-16/h3-14,18H,1-2H3,(H2,23,24,26)/t14-,18-/m1/s1. The highest BCUT2D eigenvalue weighted by molar-refractivity contribution is 6.30. The molecule has 0 unspecified atom stereocenters. The highest BCUT2D eigenvalue weighted by Crippen LogP contribution is 2.22. The molecule has 2 atom stereocenters. The zero-order valence-corrected chi connectivity index (χ0v) is 15.4. The van der Waals surface area contributed by atoms with Gasteiger partial charge in [0.2, 0.25) is 0 Å². The lowest BCUT2D eigenvalue weighted by Gasteiger charge is -2.21. The highest BCUT2D eigenvalue weighted by atomic mass is 35.5. The number of aryl methyl sites for hydroxylation is 1. The average molecular weight is 369 g/mol. The van der Waals surface area contributed by atoms with Gasteiger partial charge in [-0.1, -0.05) is 54.1 Å². The van der Waals surface area contributed by atoms with Crippen molar-refractivity contribution in [1.29, 1.82) is 0 Å². The third-order valence-corrected chi connectivity index (χ3v) is 4.49. The largest absolute Gasteiger partial charge is 0.336 e. The number of aromatic nitrogens is 2. The minimum absolute atomic E-state index is 0.108. The van der Waals surface area contributed by atoms with E-state index in [-0.39, 0.29) is 18.1 Å². The molecule has 0 saturated carbocycles. The van der Waals surface area contributed by atoms with Crippen LogP contribution in [0, 0.1) is 0 Å². The Morgan fingerprint density at radius 1 is 1.04 bits per heavy atom. The number of carbonyl (C=O) groups is 1. The summed E-state index contributed by atoms with van der Waals surface area (Å²) in [6.07, 6.45) is 3.56. The van der Waals surface area contributed by atoms with Gasteiger partial charge in [0.15, 0.2) is 0 Å². The zero-order valence-electron chi connectivity index (χ0n) is 14.7. The highest BCUT2D eigenvalue weighted by Gasteiger charge is 2.21. The normalized spacial score (nSPS) is 13.0. The van der Waals surface area contributed by atoms with Crippen LogP contribution in [0.4, 0.5) is 4.79 Å². The Bertz CT molecular complexity index is 861. The number of nitrogens with one attached hydrogen (secondary N) is 2. The lowest BCUT2D eigenvalue weighted by atomic mass is 10.1. The van der Waals surface area contributed by atoms with E-state index in [9.17, 15) is 4.79 Å². The fourth-order valence-corrected chi connectivity index (χ4v) is 2.93. The maximum Gasteiger partial charge on any atom is 0.316 e. The molecule has 5 nitrogen and oxygen atoms in total. The second kappa shape index (κ2) is 8.06. The van der Waals surface area contributed by atoms with Gasteiger partial charge in [-0.3, -0.25) is 0 Å². The first kappa shape index (κ1) is 18.0.